The van der Waals surface area contributed by atoms with Gasteiger partial charge in [0.25, 0.3) is 0 Å². The molecule has 46 heavy (non-hydrogen) atoms. The van der Waals surface area contributed by atoms with Gasteiger partial charge in [-0.05, 0) is 131 Å². The summed E-state index contributed by atoms with van der Waals surface area (Å²) < 4.78 is 6.17. The molecule has 0 unspecified atom stereocenters. The zero-order valence-electron chi connectivity index (χ0n) is 29.1. The smallest absolute Gasteiger partial charge is 0.331 e. The van der Waals surface area contributed by atoms with Gasteiger partial charge in [-0.2, -0.15) is 0 Å². The summed E-state index contributed by atoms with van der Waals surface area (Å²) >= 11 is 0. The third-order valence-electron chi connectivity index (χ3n) is 13.7. The van der Waals surface area contributed by atoms with Crippen LogP contribution in [0.2, 0.25) is 0 Å². The van der Waals surface area contributed by atoms with E-state index in [-0.39, 0.29) is 17.5 Å². The number of esters is 1. The average Bonchev–Trinajstić information content (AvgIpc) is 3.40. The molecule has 2 nitrogen and oxygen atoms in total. The molecule has 3 fully saturated rings. The van der Waals surface area contributed by atoms with Crippen LogP contribution in [0.3, 0.4) is 0 Å². The van der Waals surface area contributed by atoms with Gasteiger partial charge in [0.05, 0.1) is 0 Å². The molecule has 0 amide bonds. The fourth-order valence-corrected chi connectivity index (χ4v) is 11.3. The Kier molecular flexibility index (Phi) is 8.71. The monoisotopic (exact) mass is 616 g/mol. The lowest BCUT2D eigenvalue weighted by molar-refractivity contribution is -0.145. The van der Waals surface area contributed by atoms with Crippen LogP contribution in [0, 0.1) is 46.3 Å². The summed E-state index contributed by atoms with van der Waals surface area (Å²) in [7, 11) is 0. The Hall–Kier alpha value is -2.87. The minimum Gasteiger partial charge on any atom is -0.459 e. The molecule has 0 radical (unpaired) electrons. The first-order valence-corrected chi connectivity index (χ1v) is 18.7. The number of fused-ring (bicyclic) bond motifs is 7. The average molecular weight is 617 g/mol. The van der Waals surface area contributed by atoms with E-state index in [4.69, 9.17) is 4.74 Å². The SMILES string of the molecule is CC(C)CCC[C@@H](C)[C@H]1CC[C@H]2[C@@H]3CC=C4C[C@@H](OC(=O)/C=C\c5c6ccccc6cc6ccccc56)CC[C@]4(C)[C@H]3CC[C@]12C. The summed E-state index contributed by atoms with van der Waals surface area (Å²) in [5, 5.41) is 4.71. The Morgan fingerprint density at radius 3 is 2.33 bits per heavy atom. The van der Waals surface area contributed by atoms with Crippen molar-refractivity contribution in [3.05, 3.63) is 77.9 Å². The van der Waals surface area contributed by atoms with Crippen molar-refractivity contribution in [2.45, 2.75) is 111 Å². The molecule has 0 aliphatic heterocycles. The number of ether oxygens (including phenoxy) is 1. The van der Waals surface area contributed by atoms with Gasteiger partial charge < -0.3 is 4.74 Å². The minimum atomic E-state index is -0.215. The van der Waals surface area contributed by atoms with Gasteiger partial charge in [0.2, 0.25) is 0 Å². The number of carbonyl (C=O) groups is 1. The first kappa shape index (κ1) is 31.7. The molecule has 0 saturated heterocycles. The minimum absolute atomic E-state index is 0.0197. The number of rotatable bonds is 8. The molecular formula is C44H56O2. The van der Waals surface area contributed by atoms with E-state index in [2.05, 4.69) is 95.3 Å². The molecule has 2 heteroatoms. The quantitative estimate of drug-likeness (QED) is 0.109. The second kappa shape index (κ2) is 12.6. The molecule has 4 aliphatic carbocycles. The Labute approximate surface area is 278 Å². The summed E-state index contributed by atoms with van der Waals surface area (Å²) in [5.74, 6) is 4.86. The van der Waals surface area contributed by atoms with Gasteiger partial charge in [-0.15, -0.1) is 0 Å². The summed E-state index contributed by atoms with van der Waals surface area (Å²) in [4.78, 5) is 13.2. The number of benzene rings is 3. The predicted molar refractivity (Wildman–Crippen MR) is 193 cm³/mol. The lowest BCUT2D eigenvalue weighted by Crippen LogP contribution is -2.51. The van der Waals surface area contributed by atoms with Crippen molar-refractivity contribution in [3.63, 3.8) is 0 Å². The van der Waals surface area contributed by atoms with Crippen LogP contribution in [-0.4, -0.2) is 12.1 Å². The molecule has 3 aromatic rings. The van der Waals surface area contributed by atoms with Crippen LogP contribution in [0.5, 0.6) is 0 Å². The van der Waals surface area contributed by atoms with E-state index in [9.17, 15) is 4.79 Å². The Morgan fingerprint density at radius 2 is 1.61 bits per heavy atom. The first-order valence-electron chi connectivity index (χ1n) is 18.7. The molecule has 3 aromatic carbocycles. The van der Waals surface area contributed by atoms with Crippen LogP contribution in [0.4, 0.5) is 0 Å². The highest BCUT2D eigenvalue weighted by molar-refractivity contribution is 6.08. The fourth-order valence-electron chi connectivity index (χ4n) is 11.3. The molecule has 3 saturated carbocycles. The highest BCUT2D eigenvalue weighted by atomic mass is 16.5. The summed E-state index contributed by atoms with van der Waals surface area (Å²) in [6, 6.07) is 19.1. The zero-order valence-corrected chi connectivity index (χ0v) is 29.1. The standard InChI is InChI=1S/C44H56O2/c1-29(2)11-10-12-30(3)39-20-21-40-38-18-17-33-28-34(23-25-43(33,4)41(38)24-26-44(39,40)5)46-42(45)22-19-37-35-15-8-6-13-31(35)27-32-14-7-9-16-36(32)37/h6-9,13-17,19,22,27,29-30,34,38-41H,10-12,18,20-21,23-26,28H2,1-5H3/b22-19-/t30-,34+,38+,39-,40+,41+,43+,44-/m1/s1. The van der Waals surface area contributed by atoms with Crippen molar-refractivity contribution in [1.82, 2.24) is 0 Å². The molecule has 8 atom stereocenters. The highest BCUT2D eigenvalue weighted by Gasteiger charge is 2.59. The second-order valence-electron chi connectivity index (χ2n) is 16.7. The summed E-state index contributed by atoms with van der Waals surface area (Å²) in [6.07, 6.45) is 20.4. The third-order valence-corrected chi connectivity index (χ3v) is 13.7. The largest absolute Gasteiger partial charge is 0.459 e. The number of hydrogen-bond acceptors (Lipinski definition) is 2. The Morgan fingerprint density at radius 1 is 0.891 bits per heavy atom. The Balaban J connectivity index is 1.02. The second-order valence-corrected chi connectivity index (χ2v) is 16.7. The Bertz CT molecular complexity index is 1590. The molecular weight excluding hydrogens is 560 g/mol. The van der Waals surface area contributed by atoms with Crippen LogP contribution >= 0.6 is 0 Å². The molecule has 0 N–H and O–H groups in total. The molecule has 244 valence electrons. The zero-order chi connectivity index (χ0) is 32.1. The van der Waals surface area contributed by atoms with E-state index in [1.165, 1.54) is 72.9 Å². The normalized spacial score (nSPS) is 33.1. The van der Waals surface area contributed by atoms with Crippen molar-refractivity contribution in [3.8, 4) is 0 Å². The highest BCUT2D eigenvalue weighted by Crippen LogP contribution is 2.67. The number of allylic oxidation sites excluding steroid dienone is 1. The lowest BCUT2D eigenvalue weighted by atomic mass is 9.47. The molecule has 0 spiro atoms. The molecule has 0 aromatic heterocycles. The van der Waals surface area contributed by atoms with Crippen LogP contribution in [-0.2, 0) is 9.53 Å². The maximum atomic E-state index is 13.2. The van der Waals surface area contributed by atoms with Crippen molar-refractivity contribution < 1.29 is 9.53 Å². The van der Waals surface area contributed by atoms with E-state index in [0.717, 1.165) is 60.3 Å². The third kappa shape index (κ3) is 5.67. The van der Waals surface area contributed by atoms with Crippen LogP contribution < -0.4 is 0 Å². The topological polar surface area (TPSA) is 26.3 Å². The maximum absolute atomic E-state index is 13.2. The molecule has 7 rings (SSSR count). The van der Waals surface area contributed by atoms with E-state index in [0.29, 0.717) is 5.41 Å². The van der Waals surface area contributed by atoms with Gasteiger partial charge in [0.15, 0.2) is 0 Å². The number of hydrogen-bond donors (Lipinski definition) is 0. The fraction of sp³-hybridized carbons (Fsp3) is 0.568. The number of carbonyl (C=O) groups excluding carboxylic acids is 1. The van der Waals surface area contributed by atoms with Crippen LogP contribution in [0.1, 0.15) is 111 Å². The van der Waals surface area contributed by atoms with Crippen molar-refractivity contribution in [2.24, 2.45) is 46.3 Å². The van der Waals surface area contributed by atoms with E-state index >= 15 is 0 Å². The molecule has 0 bridgehead atoms. The molecule has 0 heterocycles. The van der Waals surface area contributed by atoms with Crippen LogP contribution in [0.15, 0.2) is 72.3 Å². The van der Waals surface area contributed by atoms with E-state index in [1.54, 1.807) is 11.6 Å². The van der Waals surface area contributed by atoms with Crippen LogP contribution in [0.25, 0.3) is 27.6 Å². The first-order chi connectivity index (χ1) is 22.2. The predicted octanol–water partition coefficient (Wildman–Crippen LogP) is 12.0. The van der Waals surface area contributed by atoms with Gasteiger partial charge >= 0.3 is 5.97 Å². The molecule has 4 aliphatic rings. The van der Waals surface area contributed by atoms with Gasteiger partial charge in [0.1, 0.15) is 6.10 Å². The van der Waals surface area contributed by atoms with Crippen molar-refractivity contribution in [2.75, 3.05) is 0 Å². The lowest BCUT2D eigenvalue weighted by Gasteiger charge is -2.58. The van der Waals surface area contributed by atoms with Gasteiger partial charge in [-0.25, -0.2) is 4.79 Å². The summed E-state index contributed by atoms with van der Waals surface area (Å²) in [5.41, 5.74) is 3.47. The van der Waals surface area contributed by atoms with E-state index in [1.807, 2.05) is 6.08 Å². The van der Waals surface area contributed by atoms with Crippen molar-refractivity contribution >= 4 is 33.6 Å². The van der Waals surface area contributed by atoms with Gasteiger partial charge in [-0.3, -0.25) is 0 Å². The maximum Gasteiger partial charge on any atom is 0.331 e. The van der Waals surface area contributed by atoms with Gasteiger partial charge in [-0.1, -0.05) is 114 Å². The summed E-state index contributed by atoms with van der Waals surface area (Å²) in [6.45, 7) is 12.6. The van der Waals surface area contributed by atoms with E-state index < -0.39 is 0 Å². The van der Waals surface area contributed by atoms with Gasteiger partial charge in [0, 0.05) is 12.5 Å². The van der Waals surface area contributed by atoms with Crippen molar-refractivity contribution in [1.29, 1.82) is 0 Å².